The van der Waals surface area contributed by atoms with Crippen LogP contribution in [0.5, 0.6) is 0 Å². The molecule has 1 unspecified atom stereocenters. The van der Waals surface area contributed by atoms with Crippen molar-refractivity contribution in [2.45, 2.75) is 109 Å². The summed E-state index contributed by atoms with van der Waals surface area (Å²) in [6, 6.07) is 20.0. The average Bonchev–Trinajstić information content (AvgIpc) is 1.01. The van der Waals surface area contributed by atoms with Gasteiger partial charge < -0.3 is 63.8 Å². The summed E-state index contributed by atoms with van der Waals surface area (Å²) in [5.74, 6) is -2.19. The maximum absolute atomic E-state index is 14.1. The normalized spacial score (nSPS) is 17.4. The molecule has 4 saturated heterocycles. The number of piperazine rings is 4. The highest BCUT2D eigenvalue weighted by atomic mass is 32.1. The number of carbonyl (C=O) groups is 4. The summed E-state index contributed by atoms with van der Waals surface area (Å²) in [6.45, 7) is 28.8. The van der Waals surface area contributed by atoms with Crippen molar-refractivity contribution in [1.29, 1.82) is 0 Å². The van der Waals surface area contributed by atoms with E-state index in [9.17, 15) is 54.3 Å². The van der Waals surface area contributed by atoms with Crippen LogP contribution in [0.1, 0.15) is 159 Å². The number of hydrogen-bond acceptors (Lipinski definition) is 25. The molecule has 33 heteroatoms. The Kier molecular flexibility index (Phi) is 28.0. The lowest BCUT2D eigenvalue weighted by atomic mass is 9.99. The molecule has 0 spiro atoms. The molecule has 8 aromatic heterocycles. The number of ketones is 4. The van der Waals surface area contributed by atoms with E-state index in [2.05, 4.69) is 99.6 Å². The zero-order valence-corrected chi connectivity index (χ0v) is 63.6. The minimum absolute atomic E-state index is 0. The second-order valence-corrected chi connectivity index (χ2v) is 29.8. The highest BCUT2D eigenvalue weighted by molar-refractivity contribution is 7.15. The fourth-order valence-electron chi connectivity index (χ4n) is 13.1. The molecule has 4 atom stereocenters. The molecule has 0 bridgehead atoms. The van der Waals surface area contributed by atoms with Crippen LogP contribution in [-0.4, -0.2) is 183 Å². The number of carbonyl (C=O) groups excluding carboxylic acids is 4. The molecule has 12 heterocycles. The summed E-state index contributed by atoms with van der Waals surface area (Å²) in [5, 5.41) is 13.5. The Morgan fingerprint density at radius 2 is 0.784 bits per heavy atom. The highest BCUT2D eigenvalue weighted by Crippen LogP contribution is 2.34. The molecule has 0 aromatic carbocycles. The topological polar surface area (TPSA) is 337 Å². The Balaban J connectivity index is 0.00000154. The van der Waals surface area contributed by atoms with Crippen molar-refractivity contribution >= 4 is 97.8 Å². The Morgan fingerprint density at radius 3 is 1.11 bits per heavy atom. The number of anilines is 8. The first kappa shape index (κ1) is 84.3. The lowest BCUT2D eigenvalue weighted by molar-refractivity contribution is -0.155. The van der Waals surface area contributed by atoms with Crippen molar-refractivity contribution in [2.75, 3.05) is 121 Å². The summed E-state index contributed by atoms with van der Waals surface area (Å²) >= 11 is 1.58. The number of nitrogens with two attached hydrogens (primary N) is 4. The maximum atomic E-state index is 14.1. The molecule has 608 valence electrons. The number of pyridine rings is 7. The largest absolute Gasteiger partial charge is 0.405 e. The number of hydrogen-bond donors (Lipinski definition) is 8. The molecule has 0 radical (unpaired) electrons. The summed E-state index contributed by atoms with van der Waals surface area (Å²) in [7, 11) is 0. The van der Waals surface area contributed by atoms with E-state index >= 15 is 0 Å². The van der Waals surface area contributed by atoms with Crippen LogP contribution in [0.25, 0.3) is 17.5 Å². The van der Waals surface area contributed by atoms with Gasteiger partial charge in [0.1, 0.15) is 98.4 Å². The first-order valence-electron chi connectivity index (χ1n) is 35.9. The van der Waals surface area contributed by atoms with Gasteiger partial charge in [-0.1, -0.05) is 33.6 Å². The van der Waals surface area contributed by atoms with Crippen LogP contribution in [0.4, 0.5) is 81.0 Å². The van der Waals surface area contributed by atoms with E-state index in [1.807, 2.05) is 16.7 Å². The van der Waals surface area contributed by atoms with Crippen LogP contribution in [0, 0.1) is 12.8 Å². The van der Waals surface area contributed by atoms with Gasteiger partial charge in [0.2, 0.25) is 23.1 Å². The number of nitrogens with one attached hydrogen (secondary N) is 4. The lowest BCUT2D eigenvalue weighted by Crippen LogP contribution is -2.57. The maximum Gasteiger partial charge on any atom is 0.405 e. The van der Waals surface area contributed by atoms with E-state index in [4.69, 9.17) is 22.9 Å². The fourth-order valence-corrected chi connectivity index (χ4v) is 14.1. The first-order chi connectivity index (χ1) is 52.4. The molecule has 24 nitrogen and oxygen atoms in total. The van der Waals surface area contributed by atoms with Gasteiger partial charge in [0, 0.05) is 156 Å². The quantitative estimate of drug-likeness (QED) is 0.0245. The Hall–Kier alpha value is -10.7. The monoisotopic (exact) mass is 1570 g/mol. The molecule has 0 amide bonds. The van der Waals surface area contributed by atoms with Crippen LogP contribution in [0.3, 0.4) is 0 Å². The summed E-state index contributed by atoms with van der Waals surface area (Å²) in [5.41, 5.74) is 21.2. The number of aromatic nitrogens is 8. The third-order valence-corrected chi connectivity index (χ3v) is 19.3. The van der Waals surface area contributed by atoms with E-state index < -0.39 is 58.4 Å². The van der Waals surface area contributed by atoms with Crippen molar-refractivity contribution in [3.05, 3.63) is 196 Å². The van der Waals surface area contributed by atoms with E-state index in [-0.39, 0.29) is 130 Å². The van der Waals surface area contributed by atoms with Gasteiger partial charge in [-0.25, -0.2) is 61.8 Å². The van der Waals surface area contributed by atoms with E-state index in [1.54, 1.807) is 81.6 Å². The standard InChI is InChI=1S/2C21H25F2N5O.C18H17F4N5O.C18H25N5OS.9H2/c2*1-13(22)15-6-7-17(28-10-9-25-14(12-28)11-21(2,3)23)27-18(15)19(29)16-5-4-8-26-20(16)24;1-10(19)11-4-5-14(27-8-7-24-13(9-27)18(20,21)22)26-15(11)16(28)12-3-2-6-25-17(12)23;1-11(2)9-13-10-23(8-7-20-13)18-22-15(12(3)25-18)16(24)14-5-4-6-21-17(14)19;;;;;;;;;/h2*4-8,14,25H,1,9-12H2,2-3H3,(H2,24,26);2-6,13,24H,1,7-9H2,(H2,23,25);4-6,11,13,20H,7-10H2,1-3H3,(H2,19,21);9*1H/t2*14-;;13-;;;;;;;;;/m10.0........./s1. The number of alkyl halides is 5. The van der Waals surface area contributed by atoms with Gasteiger partial charge in [0.05, 0.1) is 22.3 Å². The number of halogens is 8. The fraction of sp³-hybridized carbons (Fsp3) is 0.385. The highest BCUT2D eigenvalue weighted by Gasteiger charge is 2.43. The average molecular weight is 1580 g/mol. The second kappa shape index (κ2) is 36.9. The van der Waals surface area contributed by atoms with Gasteiger partial charge in [-0.2, -0.15) is 13.2 Å². The predicted octanol–water partition coefficient (Wildman–Crippen LogP) is 13.6. The zero-order valence-electron chi connectivity index (χ0n) is 62.7. The van der Waals surface area contributed by atoms with Crippen LogP contribution < -0.4 is 63.8 Å². The van der Waals surface area contributed by atoms with Crippen molar-refractivity contribution in [2.24, 2.45) is 5.92 Å². The van der Waals surface area contributed by atoms with Crippen molar-refractivity contribution in [3.8, 4) is 0 Å². The molecule has 0 saturated carbocycles. The predicted molar refractivity (Wildman–Crippen MR) is 438 cm³/mol. The molecule has 12 rings (SSSR count). The minimum Gasteiger partial charge on any atom is -0.383 e. The number of thiazole rings is 1. The minimum atomic E-state index is -4.42. The second-order valence-electron chi connectivity index (χ2n) is 28.6. The third kappa shape index (κ3) is 22.5. The van der Waals surface area contributed by atoms with Crippen LogP contribution in [0.2, 0.25) is 0 Å². The lowest BCUT2D eigenvalue weighted by Gasteiger charge is -2.36. The smallest absolute Gasteiger partial charge is 0.383 e. The molecule has 0 aliphatic carbocycles. The van der Waals surface area contributed by atoms with E-state index in [1.165, 1.54) is 72.0 Å². The number of rotatable bonds is 21. The van der Waals surface area contributed by atoms with E-state index in [0.29, 0.717) is 87.0 Å². The molecule has 12 N–H and O–H groups in total. The van der Waals surface area contributed by atoms with Crippen LogP contribution >= 0.6 is 11.3 Å². The van der Waals surface area contributed by atoms with Crippen LogP contribution in [-0.2, 0) is 0 Å². The van der Waals surface area contributed by atoms with Gasteiger partial charge in [-0.3, -0.25) is 19.2 Å². The Morgan fingerprint density at radius 1 is 0.468 bits per heavy atom. The summed E-state index contributed by atoms with van der Waals surface area (Å²) < 4.78 is 109. The molecule has 4 aliphatic heterocycles. The van der Waals surface area contributed by atoms with Crippen molar-refractivity contribution in [3.63, 3.8) is 0 Å². The zero-order chi connectivity index (χ0) is 80.8. The summed E-state index contributed by atoms with van der Waals surface area (Å²) in [6.07, 6.45) is 3.33. The van der Waals surface area contributed by atoms with Gasteiger partial charge in [0.25, 0.3) is 0 Å². The molecule has 8 aromatic rings. The Labute approximate surface area is 656 Å². The number of aryl methyl sites for hydroxylation is 1. The number of nitrogen functional groups attached to an aromatic ring is 4. The van der Waals surface area contributed by atoms with E-state index in [0.717, 1.165) is 36.1 Å². The number of nitrogens with zero attached hydrogens (tertiary/aromatic N) is 12. The third-order valence-electron chi connectivity index (χ3n) is 18.3. The molecule has 4 aliphatic rings. The van der Waals surface area contributed by atoms with Crippen LogP contribution in [0.15, 0.2) is 129 Å². The molecular weight excluding hydrogens is 1470 g/mol. The Bertz CT molecular complexity index is 4580. The van der Waals surface area contributed by atoms with Crippen molar-refractivity contribution < 1.29 is 67.1 Å². The van der Waals surface area contributed by atoms with Gasteiger partial charge in [0.15, 0.2) is 5.13 Å². The van der Waals surface area contributed by atoms with Crippen molar-refractivity contribution in [1.82, 2.24) is 61.1 Å². The van der Waals surface area contributed by atoms with Gasteiger partial charge >= 0.3 is 6.18 Å². The van der Waals surface area contributed by atoms with Gasteiger partial charge in [-0.05, 0) is 145 Å². The molecule has 4 fully saturated rings. The van der Waals surface area contributed by atoms with Gasteiger partial charge in [-0.15, -0.1) is 11.3 Å². The SMILES string of the molecule is C=C(F)c1ccc(N2CCNC(C(F)(F)F)C2)nc1C(=O)c1cccnc1N.C=C(F)c1ccc(N2CCN[C@@H](CC(C)(C)F)C2)nc1C(=O)c1cccnc1N.C=C(F)c1ccc(N2CCN[C@H](CC(C)(C)F)C2)nc1C(=O)c1cccnc1N.Cc1sc(N2CCN[C@@H](CC(C)C)C2)nc1C(=O)c1cccnc1N.[HH].[HH].[HH].[HH].[HH].[HH].[HH].[HH].[HH]. The molecule has 111 heavy (non-hydrogen) atoms. The summed E-state index contributed by atoms with van der Waals surface area (Å²) in [4.78, 5) is 93.5. The molecular formula is C78H110F8N20O4S. The first-order valence-corrected chi connectivity index (χ1v) is 36.7.